The predicted molar refractivity (Wildman–Crippen MR) is 89.3 cm³/mol. The van der Waals surface area contributed by atoms with Crippen molar-refractivity contribution in [2.75, 3.05) is 18.5 Å². The molecule has 2 aromatic rings. The molecule has 1 amide bonds. The first-order chi connectivity index (χ1) is 11.2. The SMILES string of the molecule is CCOc1ccccc1C(=O)Nc1ccc2c(c1)B(O)OCC2. The first-order valence-electron chi connectivity index (χ1n) is 7.64. The topological polar surface area (TPSA) is 67.8 Å². The van der Waals surface area contributed by atoms with Gasteiger partial charge in [0, 0.05) is 12.3 Å². The second-order valence-corrected chi connectivity index (χ2v) is 5.27. The van der Waals surface area contributed by atoms with Gasteiger partial charge in [-0.2, -0.15) is 0 Å². The first-order valence-corrected chi connectivity index (χ1v) is 7.64. The summed E-state index contributed by atoms with van der Waals surface area (Å²) in [5.41, 5.74) is 2.83. The van der Waals surface area contributed by atoms with Gasteiger partial charge in [-0.25, -0.2) is 0 Å². The van der Waals surface area contributed by atoms with Crippen molar-refractivity contribution < 1.29 is 19.2 Å². The van der Waals surface area contributed by atoms with Crippen molar-refractivity contribution in [2.45, 2.75) is 13.3 Å². The highest BCUT2D eigenvalue weighted by Gasteiger charge is 2.25. The summed E-state index contributed by atoms with van der Waals surface area (Å²) in [7, 11) is -0.939. The van der Waals surface area contributed by atoms with Crippen LogP contribution < -0.4 is 15.5 Å². The molecule has 3 rings (SSSR count). The highest BCUT2D eigenvalue weighted by atomic mass is 16.5. The van der Waals surface area contributed by atoms with Crippen molar-refractivity contribution in [2.24, 2.45) is 0 Å². The van der Waals surface area contributed by atoms with Gasteiger partial charge in [0.25, 0.3) is 5.91 Å². The van der Waals surface area contributed by atoms with E-state index < -0.39 is 7.12 Å². The number of rotatable bonds is 4. The molecule has 0 radical (unpaired) electrons. The van der Waals surface area contributed by atoms with Gasteiger partial charge in [0.1, 0.15) is 5.75 Å². The number of carbonyl (C=O) groups is 1. The van der Waals surface area contributed by atoms with Crippen LogP contribution in [0.1, 0.15) is 22.8 Å². The number of ether oxygens (including phenoxy) is 1. The minimum atomic E-state index is -0.939. The Balaban J connectivity index is 1.82. The number of anilines is 1. The maximum Gasteiger partial charge on any atom is 0.491 e. The quantitative estimate of drug-likeness (QED) is 0.842. The lowest BCUT2D eigenvalue weighted by Crippen LogP contribution is -2.41. The third kappa shape index (κ3) is 3.38. The van der Waals surface area contributed by atoms with Crippen LogP contribution in [0.5, 0.6) is 5.75 Å². The Kier molecular flexibility index (Phi) is 4.64. The van der Waals surface area contributed by atoms with E-state index in [0.717, 1.165) is 12.0 Å². The summed E-state index contributed by atoms with van der Waals surface area (Å²) in [5, 5.41) is 12.7. The van der Waals surface area contributed by atoms with E-state index in [-0.39, 0.29) is 5.91 Å². The first kappa shape index (κ1) is 15.6. The molecule has 0 aliphatic carbocycles. The van der Waals surface area contributed by atoms with Gasteiger partial charge in [-0.3, -0.25) is 4.79 Å². The van der Waals surface area contributed by atoms with E-state index in [2.05, 4.69) is 5.32 Å². The Bertz CT molecular complexity index is 719. The predicted octanol–water partition coefficient (Wildman–Crippen LogP) is 1.60. The van der Waals surface area contributed by atoms with Gasteiger partial charge in [-0.15, -0.1) is 0 Å². The second-order valence-electron chi connectivity index (χ2n) is 5.27. The van der Waals surface area contributed by atoms with Crippen molar-refractivity contribution in [3.05, 3.63) is 53.6 Å². The van der Waals surface area contributed by atoms with Gasteiger partial charge >= 0.3 is 7.12 Å². The van der Waals surface area contributed by atoms with Crippen molar-refractivity contribution in [1.29, 1.82) is 0 Å². The van der Waals surface area contributed by atoms with E-state index in [1.807, 2.05) is 25.1 Å². The average Bonchev–Trinajstić information content (AvgIpc) is 2.56. The lowest BCUT2D eigenvalue weighted by Gasteiger charge is -2.20. The number of amides is 1. The van der Waals surface area contributed by atoms with E-state index in [1.165, 1.54) is 0 Å². The van der Waals surface area contributed by atoms with E-state index >= 15 is 0 Å². The van der Waals surface area contributed by atoms with Gasteiger partial charge < -0.3 is 19.7 Å². The molecule has 0 atom stereocenters. The molecule has 0 aromatic heterocycles. The fourth-order valence-electron chi connectivity index (χ4n) is 2.63. The van der Waals surface area contributed by atoms with Crippen LogP contribution in [-0.2, 0) is 11.1 Å². The molecule has 1 aliphatic heterocycles. The summed E-state index contributed by atoms with van der Waals surface area (Å²) in [4.78, 5) is 12.5. The summed E-state index contributed by atoms with van der Waals surface area (Å²) < 4.78 is 10.7. The molecule has 0 saturated heterocycles. The number of hydrogen-bond acceptors (Lipinski definition) is 4. The van der Waals surface area contributed by atoms with Gasteiger partial charge in [0.2, 0.25) is 0 Å². The molecule has 0 fully saturated rings. The molecule has 0 saturated carbocycles. The van der Waals surface area contributed by atoms with E-state index in [9.17, 15) is 9.82 Å². The van der Waals surface area contributed by atoms with Gasteiger partial charge in [0.15, 0.2) is 0 Å². The van der Waals surface area contributed by atoms with Crippen LogP contribution >= 0.6 is 0 Å². The smallest absolute Gasteiger partial charge is 0.491 e. The van der Waals surface area contributed by atoms with Crippen molar-refractivity contribution >= 4 is 24.2 Å². The molecule has 23 heavy (non-hydrogen) atoms. The molecule has 0 bridgehead atoms. The Morgan fingerprint density at radius 1 is 1.35 bits per heavy atom. The van der Waals surface area contributed by atoms with E-state index in [0.29, 0.717) is 35.7 Å². The zero-order chi connectivity index (χ0) is 16.2. The third-order valence-electron chi connectivity index (χ3n) is 3.75. The summed E-state index contributed by atoms with van der Waals surface area (Å²) in [5.74, 6) is 0.300. The van der Waals surface area contributed by atoms with Gasteiger partial charge in [0.05, 0.1) is 12.2 Å². The normalized spacial score (nSPS) is 13.4. The molecule has 6 heteroatoms. The van der Waals surface area contributed by atoms with Crippen molar-refractivity contribution in [3.8, 4) is 5.75 Å². The second kappa shape index (κ2) is 6.85. The molecule has 1 aliphatic rings. The van der Waals surface area contributed by atoms with Crippen LogP contribution in [0.4, 0.5) is 5.69 Å². The van der Waals surface area contributed by atoms with Crippen LogP contribution in [0.25, 0.3) is 0 Å². The van der Waals surface area contributed by atoms with E-state index in [1.54, 1.807) is 24.3 Å². The Morgan fingerprint density at radius 3 is 3.00 bits per heavy atom. The zero-order valence-corrected chi connectivity index (χ0v) is 12.9. The molecule has 2 aromatic carbocycles. The lowest BCUT2D eigenvalue weighted by molar-refractivity contribution is 0.102. The maximum absolute atomic E-state index is 12.5. The fourth-order valence-corrected chi connectivity index (χ4v) is 2.63. The number of hydrogen-bond donors (Lipinski definition) is 2. The van der Waals surface area contributed by atoms with Crippen LogP contribution in [0.15, 0.2) is 42.5 Å². The Morgan fingerprint density at radius 2 is 2.17 bits per heavy atom. The van der Waals surface area contributed by atoms with Crippen molar-refractivity contribution in [1.82, 2.24) is 0 Å². The largest absolute Gasteiger partial charge is 0.493 e. The highest BCUT2D eigenvalue weighted by molar-refractivity contribution is 6.61. The molecule has 118 valence electrons. The minimum absolute atomic E-state index is 0.250. The molecule has 5 nitrogen and oxygen atoms in total. The Labute approximate surface area is 135 Å². The van der Waals surface area contributed by atoms with Gasteiger partial charge in [-0.05, 0) is 48.6 Å². The van der Waals surface area contributed by atoms with Gasteiger partial charge in [-0.1, -0.05) is 18.2 Å². The minimum Gasteiger partial charge on any atom is -0.493 e. The van der Waals surface area contributed by atoms with Crippen LogP contribution in [0.3, 0.4) is 0 Å². The molecular formula is C17H18BNO4. The number of benzene rings is 2. The monoisotopic (exact) mass is 311 g/mol. The van der Waals surface area contributed by atoms with Crippen LogP contribution in [-0.4, -0.2) is 31.3 Å². The molecular weight excluding hydrogens is 293 g/mol. The van der Waals surface area contributed by atoms with E-state index in [4.69, 9.17) is 9.39 Å². The summed E-state index contributed by atoms with van der Waals surface area (Å²) in [6.45, 7) is 2.87. The molecule has 0 spiro atoms. The van der Waals surface area contributed by atoms with Crippen molar-refractivity contribution in [3.63, 3.8) is 0 Å². The molecule has 1 heterocycles. The summed E-state index contributed by atoms with van der Waals surface area (Å²) >= 11 is 0. The lowest BCUT2D eigenvalue weighted by atomic mass is 9.73. The highest BCUT2D eigenvalue weighted by Crippen LogP contribution is 2.20. The maximum atomic E-state index is 12.5. The zero-order valence-electron chi connectivity index (χ0n) is 12.9. The fraction of sp³-hybridized carbons (Fsp3) is 0.235. The van der Waals surface area contributed by atoms with Crippen LogP contribution in [0, 0.1) is 0 Å². The summed E-state index contributed by atoms with van der Waals surface area (Å²) in [6, 6.07) is 12.6. The molecule has 2 N–H and O–H groups in total. The number of carbonyl (C=O) groups excluding carboxylic acids is 1. The third-order valence-corrected chi connectivity index (χ3v) is 3.75. The standard InChI is InChI=1S/C17H18BNO4/c1-2-22-16-6-4-3-5-14(16)17(20)19-13-8-7-12-9-10-23-18(21)15(12)11-13/h3-8,11,21H,2,9-10H2,1H3,(H,19,20). The Hall–Kier alpha value is -2.31. The number of nitrogens with one attached hydrogen (secondary N) is 1. The molecule has 0 unspecified atom stereocenters. The van der Waals surface area contributed by atoms with Crippen LogP contribution in [0.2, 0.25) is 0 Å². The number of para-hydroxylation sites is 1. The average molecular weight is 311 g/mol. The summed E-state index contributed by atoms with van der Waals surface area (Å²) in [6.07, 6.45) is 0.758. The number of fused-ring (bicyclic) bond motifs is 1.